The Morgan fingerprint density at radius 3 is 1.72 bits per heavy atom. The van der Waals surface area contributed by atoms with E-state index in [9.17, 15) is 9.90 Å². The number of aliphatic hydroxyl groups is 1. The molecule has 32 heavy (non-hydrogen) atoms. The fraction of sp³-hybridized carbons (Fsp3) is 0.192. The highest BCUT2D eigenvalue weighted by atomic mass is 16.5. The summed E-state index contributed by atoms with van der Waals surface area (Å²) in [5.41, 5.74) is 1.77. The summed E-state index contributed by atoms with van der Waals surface area (Å²) in [7, 11) is 6.21. The molecule has 0 saturated carbocycles. The maximum atomic E-state index is 12.7. The third-order valence-corrected chi connectivity index (χ3v) is 4.63. The zero-order valence-electron chi connectivity index (χ0n) is 18.8. The monoisotopic (exact) mass is 436 g/mol. The number of hydrogen-bond donors (Lipinski definition) is 1. The summed E-state index contributed by atoms with van der Waals surface area (Å²) in [6.45, 7) is 3.68. The first-order valence-electron chi connectivity index (χ1n) is 9.84. The van der Waals surface area contributed by atoms with Gasteiger partial charge in [0.25, 0.3) is 0 Å². The van der Waals surface area contributed by atoms with Gasteiger partial charge in [0.15, 0.2) is 28.8 Å². The minimum absolute atomic E-state index is 0.137. The van der Waals surface area contributed by atoms with Crippen LogP contribution in [0.5, 0.6) is 23.0 Å². The second-order valence-electron chi connectivity index (χ2n) is 6.62. The van der Waals surface area contributed by atoms with Gasteiger partial charge >= 0.3 is 0 Å². The summed E-state index contributed by atoms with van der Waals surface area (Å²) < 4.78 is 21.0. The molecule has 6 nitrogen and oxygen atoms in total. The standard InChI is InChI=1S/C26H28O6/c1-6-7-20(21(27)12-8-18-10-14-23(29-2)25(16-18)31-4)22(28)13-9-19-11-15-24(30-3)26(17-19)32-5/h6,8-17,27H,1,7H2,2-5H3/b12-8+,13-9+,21-20?. The van der Waals surface area contributed by atoms with Crippen molar-refractivity contribution in [3.05, 3.63) is 83.7 Å². The summed E-state index contributed by atoms with van der Waals surface area (Å²) in [5.74, 6) is 1.87. The third kappa shape index (κ3) is 6.28. The van der Waals surface area contributed by atoms with Crippen molar-refractivity contribution >= 4 is 17.9 Å². The lowest BCUT2D eigenvalue weighted by molar-refractivity contribution is -0.111. The van der Waals surface area contributed by atoms with E-state index in [1.54, 1.807) is 77.0 Å². The molecule has 0 amide bonds. The van der Waals surface area contributed by atoms with Crippen LogP contribution in [0.2, 0.25) is 0 Å². The van der Waals surface area contributed by atoms with Gasteiger partial charge in [-0.25, -0.2) is 0 Å². The highest BCUT2D eigenvalue weighted by Gasteiger charge is 2.11. The molecule has 0 heterocycles. The van der Waals surface area contributed by atoms with Gasteiger partial charge < -0.3 is 24.1 Å². The number of aliphatic hydroxyl groups excluding tert-OH is 1. The second kappa shape index (κ2) is 12.1. The maximum Gasteiger partial charge on any atom is 0.185 e. The van der Waals surface area contributed by atoms with Crippen molar-refractivity contribution in [1.29, 1.82) is 0 Å². The van der Waals surface area contributed by atoms with Crippen molar-refractivity contribution in [3.8, 4) is 23.0 Å². The van der Waals surface area contributed by atoms with Crippen LogP contribution in [0.15, 0.2) is 72.5 Å². The Hall–Kier alpha value is -3.93. The number of rotatable bonds is 11. The van der Waals surface area contributed by atoms with Crippen LogP contribution in [0.4, 0.5) is 0 Å². The number of hydrogen-bond acceptors (Lipinski definition) is 6. The average molecular weight is 437 g/mol. The van der Waals surface area contributed by atoms with Gasteiger partial charge in [-0.1, -0.05) is 30.4 Å². The minimum atomic E-state index is -0.325. The molecule has 0 unspecified atom stereocenters. The number of allylic oxidation sites excluding steroid dienone is 4. The van der Waals surface area contributed by atoms with Gasteiger partial charge in [0.1, 0.15) is 5.76 Å². The molecule has 0 aliphatic carbocycles. The van der Waals surface area contributed by atoms with E-state index in [4.69, 9.17) is 18.9 Å². The molecule has 0 bridgehead atoms. The molecule has 0 aromatic heterocycles. The lowest BCUT2D eigenvalue weighted by Crippen LogP contribution is -2.01. The second-order valence-corrected chi connectivity index (χ2v) is 6.62. The molecule has 6 heteroatoms. The molecule has 0 fully saturated rings. The largest absolute Gasteiger partial charge is 0.508 e. The first-order valence-corrected chi connectivity index (χ1v) is 9.84. The van der Waals surface area contributed by atoms with Crippen molar-refractivity contribution in [2.24, 2.45) is 0 Å². The molecule has 0 saturated heterocycles. The van der Waals surface area contributed by atoms with E-state index in [1.165, 1.54) is 12.2 Å². The zero-order chi connectivity index (χ0) is 23.5. The van der Waals surface area contributed by atoms with Crippen LogP contribution >= 0.6 is 0 Å². The molecule has 2 aromatic rings. The highest BCUT2D eigenvalue weighted by molar-refractivity contribution is 6.07. The number of ketones is 1. The van der Waals surface area contributed by atoms with E-state index in [-0.39, 0.29) is 23.5 Å². The molecule has 168 valence electrons. The van der Waals surface area contributed by atoms with Gasteiger partial charge in [-0.2, -0.15) is 0 Å². The van der Waals surface area contributed by atoms with Crippen molar-refractivity contribution in [1.82, 2.24) is 0 Å². The molecule has 0 atom stereocenters. The van der Waals surface area contributed by atoms with E-state index in [0.29, 0.717) is 23.0 Å². The van der Waals surface area contributed by atoms with E-state index in [1.807, 2.05) is 6.07 Å². The Balaban J connectivity index is 2.27. The predicted octanol–water partition coefficient (Wildman–Crippen LogP) is 5.40. The van der Waals surface area contributed by atoms with Crippen LogP contribution in [0.25, 0.3) is 12.2 Å². The van der Waals surface area contributed by atoms with Crippen LogP contribution in [0.1, 0.15) is 17.5 Å². The molecule has 0 aliphatic rings. The number of carbonyl (C=O) groups excluding carboxylic acids is 1. The Labute approximate surface area is 188 Å². The summed E-state index contributed by atoms with van der Waals surface area (Å²) in [6, 6.07) is 10.7. The van der Waals surface area contributed by atoms with Crippen LogP contribution in [0, 0.1) is 0 Å². The lowest BCUT2D eigenvalue weighted by Gasteiger charge is -2.08. The third-order valence-electron chi connectivity index (χ3n) is 4.63. The number of methoxy groups -OCH3 is 4. The molecule has 0 radical (unpaired) electrons. The van der Waals surface area contributed by atoms with Crippen LogP contribution < -0.4 is 18.9 Å². The molecular formula is C26H28O6. The highest BCUT2D eigenvalue weighted by Crippen LogP contribution is 2.29. The Kier molecular flexibility index (Phi) is 9.17. The molecule has 0 aliphatic heterocycles. The smallest absolute Gasteiger partial charge is 0.185 e. The normalized spacial score (nSPS) is 11.9. The van der Waals surface area contributed by atoms with Crippen molar-refractivity contribution in [2.45, 2.75) is 6.42 Å². The fourth-order valence-corrected chi connectivity index (χ4v) is 2.94. The predicted molar refractivity (Wildman–Crippen MR) is 127 cm³/mol. The topological polar surface area (TPSA) is 74.2 Å². The number of ether oxygens (including phenoxy) is 4. The first kappa shape index (κ1) is 24.3. The van der Waals surface area contributed by atoms with Gasteiger partial charge in [0, 0.05) is 5.57 Å². The van der Waals surface area contributed by atoms with Gasteiger partial charge in [0.05, 0.1) is 28.4 Å². The summed E-state index contributed by atoms with van der Waals surface area (Å²) in [5, 5.41) is 10.5. The molecule has 2 rings (SSSR count). The SMILES string of the molecule is C=CCC(C(=O)/C=C/c1ccc(OC)c(OC)c1)=C(O)/C=C/c1ccc(OC)c(OC)c1. The van der Waals surface area contributed by atoms with Crippen molar-refractivity contribution in [2.75, 3.05) is 28.4 Å². The molecule has 1 N–H and O–H groups in total. The quantitative estimate of drug-likeness (QED) is 0.220. The number of carbonyl (C=O) groups is 1. The summed E-state index contributed by atoms with van der Waals surface area (Å²) >= 11 is 0. The summed E-state index contributed by atoms with van der Waals surface area (Å²) in [4.78, 5) is 12.7. The van der Waals surface area contributed by atoms with E-state index < -0.39 is 0 Å². The molecule has 2 aromatic carbocycles. The van der Waals surface area contributed by atoms with Gasteiger partial charge in [0.2, 0.25) is 0 Å². The van der Waals surface area contributed by atoms with Crippen molar-refractivity contribution < 1.29 is 28.8 Å². The Morgan fingerprint density at radius 2 is 1.28 bits per heavy atom. The van der Waals surface area contributed by atoms with E-state index in [0.717, 1.165) is 11.1 Å². The van der Waals surface area contributed by atoms with Crippen molar-refractivity contribution in [3.63, 3.8) is 0 Å². The van der Waals surface area contributed by atoms with E-state index >= 15 is 0 Å². The van der Waals surface area contributed by atoms with Crippen LogP contribution in [0.3, 0.4) is 0 Å². The average Bonchev–Trinajstić information content (AvgIpc) is 2.83. The molecule has 0 spiro atoms. The van der Waals surface area contributed by atoms with Crippen LogP contribution in [-0.4, -0.2) is 39.3 Å². The lowest BCUT2D eigenvalue weighted by atomic mass is 10.0. The van der Waals surface area contributed by atoms with Gasteiger partial charge in [-0.05, 0) is 54.0 Å². The summed E-state index contributed by atoms with van der Waals surface area (Å²) in [6.07, 6.45) is 8.00. The minimum Gasteiger partial charge on any atom is -0.508 e. The van der Waals surface area contributed by atoms with Crippen LogP contribution in [-0.2, 0) is 4.79 Å². The fourth-order valence-electron chi connectivity index (χ4n) is 2.94. The Morgan fingerprint density at radius 1 is 0.812 bits per heavy atom. The maximum absolute atomic E-state index is 12.7. The molecular weight excluding hydrogens is 408 g/mol. The van der Waals surface area contributed by atoms with Gasteiger partial charge in [-0.15, -0.1) is 6.58 Å². The van der Waals surface area contributed by atoms with E-state index in [2.05, 4.69) is 6.58 Å². The number of benzene rings is 2. The van der Waals surface area contributed by atoms with Gasteiger partial charge in [-0.3, -0.25) is 4.79 Å². The zero-order valence-corrected chi connectivity index (χ0v) is 18.8. The Bertz CT molecular complexity index is 1050. The first-order chi connectivity index (χ1) is 15.5.